The lowest BCUT2D eigenvalue weighted by Gasteiger charge is -2.17. The average molecular weight is 308 g/mol. The average Bonchev–Trinajstić information content (AvgIpc) is 2.38. The maximum Gasteiger partial charge on any atom is 0.142 e. The van der Waals surface area contributed by atoms with Gasteiger partial charge in [-0.2, -0.15) is 0 Å². The van der Waals surface area contributed by atoms with Crippen LogP contribution >= 0.6 is 23.2 Å². The summed E-state index contributed by atoms with van der Waals surface area (Å²) in [6, 6.07) is 2.71. The van der Waals surface area contributed by atoms with Gasteiger partial charge in [0, 0.05) is 29.8 Å². The molecule has 0 aliphatic heterocycles. The lowest BCUT2D eigenvalue weighted by Crippen LogP contribution is -2.21. The summed E-state index contributed by atoms with van der Waals surface area (Å²) in [5.41, 5.74) is 0.609. The van der Waals surface area contributed by atoms with Crippen molar-refractivity contribution in [2.75, 3.05) is 19.8 Å². The molecule has 1 N–H and O–H groups in total. The summed E-state index contributed by atoms with van der Waals surface area (Å²) < 4.78 is 18.8. The highest BCUT2D eigenvalue weighted by Gasteiger charge is 2.16. The van der Waals surface area contributed by atoms with E-state index in [4.69, 9.17) is 27.9 Å². The molecule has 0 saturated carbocycles. The Morgan fingerprint density at radius 3 is 2.74 bits per heavy atom. The summed E-state index contributed by atoms with van der Waals surface area (Å²) in [6.45, 7) is 6.27. The number of rotatable bonds is 8. The van der Waals surface area contributed by atoms with Gasteiger partial charge in [0.1, 0.15) is 5.82 Å². The van der Waals surface area contributed by atoms with E-state index in [1.165, 1.54) is 12.1 Å². The summed E-state index contributed by atoms with van der Waals surface area (Å²) in [5.74, 6) is -0.444. The number of hydrogen-bond acceptors (Lipinski definition) is 2. The van der Waals surface area contributed by atoms with Gasteiger partial charge in [-0.1, -0.05) is 30.1 Å². The second-order valence-electron chi connectivity index (χ2n) is 4.40. The number of nitrogens with one attached hydrogen (secondary N) is 1. The van der Waals surface area contributed by atoms with Gasteiger partial charge in [0.2, 0.25) is 0 Å². The normalized spacial score (nSPS) is 12.7. The first-order valence-corrected chi connectivity index (χ1v) is 7.28. The number of ether oxygens (including phenoxy) is 1. The molecule has 0 bridgehead atoms. The predicted octanol–water partition coefficient (Wildman–Crippen LogP) is 4.60. The third kappa shape index (κ3) is 5.27. The smallest absolute Gasteiger partial charge is 0.142 e. The van der Waals surface area contributed by atoms with E-state index < -0.39 is 5.82 Å². The van der Waals surface area contributed by atoms with E-state index in [-0.39, 0.29) is 11.1 Å². The third-order valence-corrected chi connectivity index (χ3v) is 3.49. The van der Waals surface area contributed by atoms with E-state index >= 15 is 0 Å². The summed E-state index contributed by atoms with van der Waals surface area (Å²) in [6.07, 6.45) is 1.92. The zero-order valence-electron chi connectivity index (χ0n) is 11.3. The molecule has 1 aromatic rings. The molecule has 0 aromatic heterocycles. The Bertz CT molecular complexity index is 401. The fourth-order valence-corrected chi connectivity index (χ4v) is 2.48. The highest BCUT2D eigenvalue weighted by Crippen LogP contribution is 2.32. The topological polar surface area (TPSA) is 21.3 Å². The van der Waals surface area contributed by atoms with Crippen LogP contribution in [0.15, 0.2) is 12.1 Å². The molecule has 0 radical (unpaired) electrons. The Hall–Kier alpha value is -0.350. The van der Waals surface area contributed by atoms with E-state index in [0.29, 0.717) is 10.6 Å². The number of halogens is 3. The van der Waals surface area contributed by atoms with Crippen LogP contribution in [-0.4, -0.2) is 19.8 Å². The second kappa shape index (κ2) is 8.75. The number of hydrogen-bond donors (Lipinski definition) is 1. The fourth-order valence-electron chi connectivity index (χ4n) is 1.78. The molecule has 1 rings (SSSR count). The minimum atomic E-state index is -0.444. The largest absolute Gasteiger partial charge is 0.381 e. The van der Waals surface area contributed by atoms with Crippen molar-refractivity contribution in [1.29, 1.82) is 0 Å². The molecule has 0 aliphatic carbocycles. The fraction of sp³-hybridized carbons (Fsp3) is 0.571. The molecule has 0 fully saturated rings. The van der Waals surface area contributed by atoms with Gasteiger partial charge < -0.3 is 10.1 Å². The number of benzene rings is 1. The first-order valence-electron chi connectivity index (χ1n) is 6.52. The molecule has 0 aliphatic rings. The Kier molecular flexibility index (Phi) is 7.69. The van der Waals surface area contributed by atoms with Crippen molar-refractivity contribution < 1.29 is 9.13 Å². The van der Waals surface area contributed by atoms with E-state index in [0.717, 1.165) is 32.6 Å². The van der Waals surface area contributed by atoms with Gasteiger partial charge in [0.25, 0.3) is 0 Å². The lowest BCUT2D eigenvalue weighted by molar-refractivity contribution is 0.132. The van der Waals surface area contributed by atoms with Crippen LogP contribution in [0.4, 0.5) is 4.39 Å². The highest BCUT2D eigenvalue weighted by molar-refractivity contribution is 6.36. The third-order valence-electron chi connectivity index (χ3n) is 2.78. The maximum atomic E-state index is 13.4. The van der Waals surface area contributed by atoms with E-state index in [9.17, 15) is 4.39 Å². The van der Waals surface area contributed by atoms with Crippen molar-refractivity contribution in [3.63, 3.8) is 0 Å². The molecule has 108 valence electrons. The zero-order chi connectivity index (χ0) is 14.3. The van der Waals surface area contributed by atoms with Crippen molar-refractivity contribution in [3.05, 3.63) is 33.6 Å². The minimum absolute atomic E-state index is 0.0923. The molecule has 1 aromatic carbocycles. The summed E-state index contributed by atoms with van der Waals surface area (Å²) in [4.78, 5) is 0. The van der Waals surface area contributed by atoms with Crippen LogP contribution in [0.5, 0.6) is 0 Å². The van der Waals surface area contributed by atoms with Crippen LogP contribution in [0, 0.1) is 5.82 Å². The summed E-state index contributed by atoms with van der Waals surface area (Å²) in [7, 11) is 0. The Morgan fingerprint density at radius 2 is 2.05 bits per heavy atom. The van der Waals surface area contributed by atoms with Crippen LogP contribution in [-0.2, 0) is 4.74 Å². The molecule has 0 heterocycles. The Labute approximate surface area is 124 Å². The monoisotopic (exact) mass is 307 g/mol. The van der Waals surface area contributed by atoms with E-state index in [1.54, 1.807) is 0 Å². The van der Waals surface area contributed by atoms with Crippen LogP contribution in [0.1, 0.15) is 38.3 Å². The first-order chi connectivity index (χ1) is 9.07. The van der Waals surface area contributed by atoms with Crippen molar-refractivity contribution in [3.8, 4) is 0 Å². The van der Waals surface area contributed by atoms with Crippen molar-refractivity contribution >= 4 is 23.2 Å². The van der Waals surface area contributed by atoms with Gasteiger partial charge in [-0.05, 0) is 38.4 Å². The molecule has 19 heavy (non-hydrogen) atoms. The molecular formula is C14H20Cl2FNO. The van der Waals surface area contributed by atoms with Gasteiger partial charge in [0.05, 0.1) is 5.02 Å². The maximum absolute atomic E-state index is 13.4. The molecule has 0 spiro atoms. The van der Waals surface area contributed by atoms with E-state index in [2.05, 4.69) is 12.2 Å². The van der Waals surface area contributed by atoms with Crippen LogP contribution in [0.3, 0.4) is 0 Å². The van der Waals surface area contributed by atoms with Gasteiger partial charge in [0.15, 0.2) is 0 Å². The standard InChI is InChI=1S/C14H20Cl2FNO/c1-3-8-19-9-4-7-18-10(2)13-11(15)5-6-12(17)14(13)16/h5-6,10,18H,3-4,7-9H2,1-2H3. The quantitative estimate of drug-likeness (QED) is 0.560. The van der Waals surface area contributed by atoms with E-state index in [1.807, 2.05) is 6.92 Å². The van der Waals surface area contributed by atoms with Gasteiger partial charge in [-0.3, -0.25) is 0 Å². The molecule has 1 unspecified atom stereocenters. The Morgan fingerprint density at radius 1 is 1.32 bits per heavy atom. The highest BCUT2D eigenvalue weighted by atomic mass is 35.5. The van der Waals surface area contributed by atoms with Crippen LogP contribution in [0.25, 0.3) is 0 Å². The predicted molar refractivity (Wildman–Crippen MR) is 78.6 cm³/mol. The van der Waals surface area contributed by atoms with Gasteiger partial charge in [-0.15, -0.1) is 0 Å². The summed E-state index contributed by atoms with van der Waals surface area (Å²) in [5, 5.41) is 3.84. The SMILES string of the molecule is CCCOCCCNC(C)c1c(Cl)ccc(F)c1Cl. The minimum Gasteiger partial charge on any atom is -0.381 e. The molecule has 0 saturated heterocycles. The molecule has 1 atom stereocenters. The molecule has 2 nitrogen and oxygen atoms in total. The molecular weight excluding hydrogens is 288 g/mol. The molecule has 5 heteroatoms. The Balaban J connectivity index is 2.45. The first kappa shape index (κ1) is 16.7. The summed E-state index contributed by atoms with van der Waals surface area (Å²) >= 11 is 12.0. The van der Waals surface area contributed by atoms with Gasteiger partial charge in [-0.25, -0.2) is 4.39 Å². The van der Waals surface area contributed by atoms with Crippen LogP contribution < -0.4 is 5.32 Å². The zero-order valence-corrected chi connectivity index (χ0v) is 12.8. The molecule has 0 amide bonds. The second-order valence-corrected chi connectivity index (χ2v) is 5.18. The van der Waals surface area contributed by atoms with Crippen LogP contribution in [0.2, 0.25) is 10.0 Å². The van der Waals surface area contributed by atoms with Crippen molar-refractivity contribution in [1.82, 2.24) is 5.32 Å². The van der Waals surface area contributed by atoms with Gasteiger partial charge >= 0.3 is 0 Å². The van der Waals surface area contributed by atoms with Crippen molar-refractivity contribution in [2.45, 2.75) is 32.7 Å². The lowest BCUT2D eigenvalue weighted by atomic mass is 10.1. The van der Waals surface area contributed by atoms with Crippen molar-refractivity contribution in [2.24, 2.45) is 0 Å².